The third kappa shape index (κ3) is 2.07. The van der Waals surface area contributed by atoms with Gasteiger partial charge >= 0.3 is 0 Å². The third-order valence-electron chi connectivity index (χ3n) is 3.15. The van der Waals surface area contributed by atoms with Crippen molar-refractivity contribution in [2.24, 2.45) is 0 Å². The van der Waals surface area contributed by atoms with Crippen LogP contribution in [0.3, 0.4) is 0 Å². The molecule has 100 valence electrons. The molecule has 0 aliphatic carbocycles. The molecule has 0 saturated carbocycles. The number of H-pyrrole nitrogens is 1. The van der Waals surface area contributed by atoms with E-state index in [0.717, 1.165) is 12.1 Å². The average Bonchev–Trinajstić information content (AvgIpc) is 2.87. The van der Waals surface area contributed by atoms with Crippen LogP contribution in [0.2, 0.25) is 0 Å². The van der Waals surface area contributed by atoms with Crippen LogP contribution in [-0.2, 0) is 6.42 Å². The van der Waals surface area contributed by atoms with E-state index in [-0.39, 0.29) is 17.8 Å². The second-order valence-corrected chi connectivity index (χ2v) is 4.40. The van der Waals surface area contributed by atoms with E-state index in [0.29, 0.717) is 16.6 Å². The molecule has 0 aliphatic rings. The normalized spacial score (nSPS) is 10.9. The lowest BCUT2D eigenvalue weighted by molar-refractivity contribution is 0.0992. The van der Waals surface area contributed by atoms with Crippen LogP contribution < -0.4 is 0 Å². The van der Waals surface area contributed by atoms with Gasteiger partial charge in [0.25, 0.3) is 0 Å². The van der Waals surface area contributed by atoms with Crippen molar-refractivity contribution in [1.29, 1.82) is 0 Å². The highest BCUT2D eigenvalue weighted by atomic mass is 19.1. The summed E-state index contributed by atoms with van der Waals surface area (Å²) in [5.74, 6) is -1.78. The SMILES string of the molecule is O=C(Cc1c(F)cccc1F)c1c[nH]c2ncccc12. The number of aromatic nitrogens is 2. The molecule has 1 N–H and O–H groups in total. The number of nitrogens with one attached hydrogen (secondary N) is 1. The number of nitrogens with zero attached hydrogens (tertiary/aromatic N) is 1. The Balaban J connectivity index is 1.98. The lowest BCUT2D eigenvalue weighted by Crippen LogP contribution is -2.06. The summed E-state index contributed by atoms with van der Waals surface area (Å²) in [7, 11) is 0. The number of benzene rings is 1. The molecule has 2 aromatic heterocycles. The zero-order valence-corrected chi connectivity index (χ0v) is 10.4. The Morgan fingerprint density at radius 1 is 1.15 bits per heavy atom. The van der Waals surface area contributed by atoms with Crippen molar-refractivity contribution in [1.82, 2.24) is 9.97 Å². The van der Waals surface area contributed by atoms with E-state index in [9.17, 15) is 13.6 Å². The number of carbonyl (C=O) groups is 1. The van der Waals surface area contributed by atoms with E-state index in [2.05, 4.69) is 9.97 Å². The van der Waals surface area contributed by atoms with Gasteiger partial charge in [0.2, 0.25) is 0 Å². The van der Waals surface area contributed by atoms with Gasteiger partial charge in [-0.3, -0.25) is 4.79 Å². The predicted octanol–water partition coefficient (Wildman–Crippen LogP) is 3.27. The summed E-state index contributed by atoms with van der Waals surface area (Å²) in [5.41, 5.74) is 0.747. The molecule has 0 aliphatic heterocycles. The molecule has 1 aromatic carbocycles. The summed E-state index contributed by atoms with van der Waals surface area (Å²) in [4.78, 5) is 19.1. The summed E-state index contributed by atoms with van der Waals surface area (Å²) in [5, 5.41) is 0.647. The number of ketones is 1. The maximum absolute atomic E-state index is 13.6. The zero-order chi connectivity index (χ0) is 14.1. The van der Waals surface area contributed by atoms with E-state index in [1.54, 1.807) is 18.3 Å². The molecule has 0 spiro atoms. The molecule has 3 aromatic rings. The minimum Gasteiger partial charge on any atom is -0.345 e. The maximum Gasteiger partial charge on any atom is 0.169 e. The third-order valence-corrected chi connectivity index (χ3v) is 3.15. The van der Waals surface area contributed by atoms with Crippen LogP contribution in [-0.4, -0.2) is 15.8 Å². The number of hydrogen-bond acceptors (Lipinski definition) is 2. The largest absolute Gasteiger partial charge is 0.345 e. The summed E-state index contributed by atoms with van der Waals surface area (Å²) in [6, 6.07) is 7.00. The van der Waals surface area contributed by atoms with Crippen molar-refractivity contribution < 1.29 is 13.6 Å². The minimum atomic E-state index is -0.712. The molecule has 3 nitrogen and oxygen atoms in total. The maximum atomic E-state index is 13.6. The Morgan fingerprint density at radius 2 is 1.90 bits per heavy atom. The zero-order valence-electron chi connectivity index (χ0n) is 10.4. The number of carbonyl (C=O) groups excluding carboxylic acids is 1. The van der Waals surface area contributed by atoms with Gasteiger partial charge in [0.1, 0.15) is 17.3 Å². The molecule has 0 saturated heterocycles. The van der Waals surface area contributed by atoms with E-state index < -0.39 is 11.6 Å². The molecule has 0 fully saturated rings. The van der Waals surface area contributed by atoms with Crippen LogP contribution in [0.15, 0.2) is 42.7 Å². The molecule has 5 heteroatoms. The number of fused-ring (bicyclic) bond motifs is 1. The first-order chi connectivity index (χ1) is 9.66. The second-order valence-electron chi connectivity index (χ2n) is 4.40. The van der Waals surface area contributed by atoms with Gasteiger partial charge in [0.15, 0.2) is 5.78 Å². The average molecular weight is 272 g/mol. The van der Waals surface area contributed by atoms with E-state index in [1.807, 2.05) is 0 Å². The monoisotopic (exact) mass is 272 g/mol. The first-order valence-electron chi connectivity index (χ1n) is 6.05. The molecule has 0 bridgehead atoms. The molecular weight excluding hydrogens is 262 g/mol. The van der Waals surface area contributed by atoms with Gasteiger partial charge < -0.3 is 4.98 Å². The Labute approximate surface area is 113 Å². The highest BCUT2D eigenvalue weighted by molar-refractivity contribution is 6.07. The molecule has 0 amide bonds. The van der Waals surface area contributed by atoms with Gasteiger partial charge in [-0.25, -0.2) is 13.8 Å². The molecule has 0 atom stereocenters. The quantitative estimate of drug-likeness (QED) is 0.744. The predicted molar refractivity (Wildman–Crippen MR) is 70.5 cm³/mol. The van der Waals surface area contributed by atoms with Crippen molar-refractivity contribution >= 4 is 16.8 Å². The fourth-order valence-corrected chi connectivity index (χ4v) is 2.14. The van der Waals surface area contributed by atoms with Crippen LogP contribution in [0.25, 0.3) is 11.0 Å². The minimum absolute atomic E-state index is 0.212. The second kappa shape index (κ2) is 4.85. The van der Waals surface area contributed by atoms with Crippen molar-refractivity contribution in [3.8, 4) is 0 Å². The fraction of sp³-hybridized carbons (Fsp3) is 0.0667. The fourth-order valence-electron chi connectivity index (χ4n) is 2.14. The standard InChI is InChI=1S/C15H10F2N2O/c16-12-4-1-5-13(17)10(12)7-14(20)11-8-19-15-9(11)3-2-6-18-15/h1-6,8H,7H2,(H,18,19). The number of pyridine rings is 1. The Morgan fingerprint density at radius 3 is 2.65 bits per heavy atom. The summed E-state index contributed by atoms with van der Waals surface area (Å²) in [6.45, 7) is 0. The number of hydrogen-bond donors (Lipinski definition) is 1. The van der Waals surface area contributed by atoms with Gasteiger partial charge in [-0.1, -0.05) is 6.07 Å². The van der Waals surface area contributed by atoms with Crippen LogP contribution >= 0.6 is 0 Å². The van der Waals surface area contributed by atoms with Crippen LogP contribution in [0.1, 0.15) is 15.9 Å². The Kier molecular flexibility index (Phi) is 3.02. The topological polar surface area (TPSA) is 45.8 Å². The van der Waals surface area contributed by atoms with Crippen molar-refractivity contribution in [3.63, 3.8) is 0 Å². The van der Waals surface area contributed by atoms with Gasteiger partial charge in [-0.05, 0) is 24.3 Å². The molecular formula is C15H10F2N2O. The first kappa shape index (κ1) is 12.5. The molecule has 0 unspecified atom stereocenters. The Hall–Kier alpha value is -2.56. The van der Waals surface area contributed by atoms with E-state index >= 15 is 0 Å². The van der Waals surface area contributed by atoms with Gasteiger partial charge in [-0.2, -0.15) is 0 Å². The van der Waals surface area contributed by atoms with E-state index in [1.165, 1.54) is 12.3 Å². The van der Waals surface area contributed by atoms with Crippen LogP contribution in [0.4, 0.5) is 8.78 Å². The van der Waals surface area contributed by atoms with Crippen LogP contribution in [0.5, 0.6) is 0 Å². The smallest absolute Gasteiger partial charge is 0.169 e. The summed E-state index contributed by atoms with van der Waals surface area (Å²) >= 11 is 0. The van der Waals surface area contributed by atoms with Gasteiger partial charge in [0, 0.05) is 35.3 Å². The Bertz CT molecular complexity index is 775. The number of aromatic amines is 1. The van der Waals surface area contributed by atoms with Crippen molar-refractivity contribution in [3.05, 3.63) is 65.5 Å². The number of rotatable bonds is 3. The molecule has 0 radical (unpaired) electrons. The lowest BCUT2D eigenvalue weighted by Gasteiger charge is -2.03. The number of Topliss-reactive ketones (excluding diaryl/α,β-unsaturated/α-hetero) is 1. The molecule has 3 rings (SSSR count). The van der Waals surface area contributed by atoms with Crippen molar-refractivity contribution in [2.45, 2.75) is 6.42 Å². The summed E-state index contributed by atoms with van der Waals surface area (Å²) < 4.78 is 27.1. The van der Waals surface area contributed by atoms with Gasteiger partial charge in [0.05, 0.1) is 0 Å². The van der Waals surface area contributed by atoms with Crippen LogP contribution in [0, 0.1) is 11.6 Å². The van der Waals surface area contributed by atoms with Gasteiger partial charge in [-0.15, -0.1) is 0 Å². The first-order valence-corrected chi connectivity index (χ1v) is 6.05. The highest BCUT2D eigenvalue weighted by Gasteiger charge is 2.17. The molecule has 20 heavy (non-hydrogen) atoms. The highest BCUT2D eigenvalue weighted by Crippen LogP contribution is 2.20. The van der Waals surface area contributed by atoms with E-state index in [4.69, 9.17) is 0 Å². The van der Waals surface area contributed by atoms with Crippen molar-refractivity contribution in [2.75, 3.05) is 0 Å². The molecule has 2 heterocycles. The lowest BCUT2D eigenvalue weighted by atomic mass is 10.0. The summed E-state index contributed by atoms with van der Waals surface area (Å²) in [6.07, 6.45) is 2.79. The number of halogens is 2.